The number of alkyl halides is 2. The summed E-state index contributed by atoms with van der Waals surface area (Å²) in [6.45, 7) is 4.00. The molecule has 8 heteroatoms. The minimum absolute atomic E-state index is 0.0494. The van der Waals surface area contributed by atoms with Crippen LogP contribution in [0.2, 0.25) is 0 Å². The zero-order valence-corrected chi connectivity index (χ0v) is 17.8. The fourth-order valence-electron chi connectivity index (χ4n) is 1.42. The van der Waals surface area contributed by atoms with Gasteiger partial charge in [0.1, 0.15) is 10.6 Å². The molecule has 0 aliphatic rings. The fraction of sp³-hybridized carbons (Fsp3) is 0.533. The van der Waals surface area contributed by atoms with Gasteiger partial charge in [-0.15, -0.1) is 0 Å². The second-order valence-corrected chi connectivity index (χ2v) is 7.83. The first-order valence-electron chi connectivity index (χ1n) is 7.25. The van der Waals surface area contributed by atoms with E-state index in [9.17, 15) is 9.59 Å². The van der Waals surface area contributed by atoms with E-state index in [1.807, 2.05) is 19.9 Å². The summed E-state index contributed by atoms with van der Waals surface area (Å²) >= 11 is 9.61. The molecule has 0 saturated carbocycles. The fourth-order valence-corrected chi connectivity index (χ4v) is 2.68. The lowest BCUT2D eigenvalue weighted by molar-refractivity contribution is -0.136. The van der Waals surface area contributed by atoms with Gasteiger partial charge in [-0.25, -0.2) is 4.98 Å². The minimum atomic E-state index is -0.771. The molecule has 2 unspecified atom stereocenters. The highest BCUT2D eigenvalue weighted by molar-refractivity contribution is 9.10. The lowest BCUT2D eigenvalue weighted by atomic mass is 10.2. The van der Waals surface area contributed by atoms with E-state index in [-0.39, 0.29) is 15.6 Å². The van der Waals surface area contributed by atoms with Gasteiger partial charge in [-0.2, -0.15) is 0 Å². The van der Waals surface area contributed by atoms with Crippen LogP contribution in [0.3, 0.4) is 0 Å². The third-order valence-electron chi connectivity index (χ3n) is 2.62. The molecular formula is C15H21Br3N2O3. The van der Waals surface area contributed by atoms with Crippen molar-refractivity contribution in [1.82, 2.24) is 4.98 Å². The number of carboxylic acid groups (broad SMARTS) is 1. The summed E-state index contributed by atoms with van der Waals surface area (Å²) in [5.74, 6) is -0.248. The monoisotopic (exact) mass is 514 g/mol. The first-order chi connectivity index (χ1) is 10.8. The van der Waals surface area contributed by atoms with Crippen molar-refractivity contribution in [3.05, 3.63) is 22.8 Å². The SMILES string of the molecule is CCCC(Br)C(=O)Nc1ccc(Br)cn1.CCCC(Br)C(=O)O. The molecule has 1 aromatic rings. The van der Waals surface area contributed by atoms with Crippen LogP contribution in [-0.4, -0.2) is 31.6 Å². The highest BCUT2D eigenvalue weighted by Gasteiger charge is 2.13. The summed E-state index contributed by atoms with van der Waals surface area (Å²) in [6, 6.07) is 3.60. The van der Waals surface area contributed by atoms with Gasteiger partial charge in [0.25, 0.3) is 0 Å². The number of nitrogens with zero attached hydrogens (tertiary/aromatic N) is 1. The van der Waals surface area contributed by atoms with Crippen LogP contribution < -0.4 is 5.32 Å². The van der Waals surface area contributed by atoms with Crippen LogP contribution in [-0.2, 0) is 9.59 Å². The maximum absolute atomic E-state index is 11.6. The largest absolute Gasteiger partial charge is 0.480 e. The first kappa shape index (κ1) is 22.5. The Bertz CT molecular complexity index is 483. The van der Waals surface area contributed by atoms with E-state index in [1.54, 1.807) is 12.3 Å². The molecule has 0 saturated heterocycles. The molecule has 0 aliphatic heterocycles. The van der Waals surface area contributed by atoms with E-state index in [1.165, 1.54) is 0 Å². The first-order valence-corrected chi connectivity index (χ1v) is 9.87. The smallest absolute Gasteiger partial charge is 0.317 e. The van der Waals surface area contributed by atoms with E-state index >= 15 is 0 Å². The Morgan fingerprint density at radius 2 is 1.74 bits per heavy atom. The molecule has 2 atom stereocenters. The number of hydrogen-bond acceptors (Lipinski definition) is 3. The Morgan fingerprint density at radius 1 is 1.17 bits per heavy atom. The number of anilines is 1. The number of rotatable bonds is 7. The number of amides is 1. The molecule has 0 aliphatic carbocycles. The molecule has 23 heavy (non-hydrogen) atoms. The van der Waals surface area contributed by atoms with Crippen molar-refractivity contribution in [2.24, 2.45) is 0 Å². The molecule has 0 bridgehead atoms. The Balaban J connectivity index is 0.000000515. The molecule has 0 aromatic carbocycles. The highest BCUT2D eigenvalue weighted by Crippen LogP contribution is 2.13. The number of nitrogens with one attached hydrogen (secondary N) is 1. The van der Waals surface area contributed by atoms with Gasteiger partial charge in [-0.1, -0.05) is 58.5 Å². The van der Waals surface area contributed by atoms with Crippen molar-refractivity contribution >= 4 is 65.5 Å². The Kier molecular flexibility index (Phi) is 12.6. The number of carbonyl (C=O) groups excluding carboxylic acids is 1. The Labute approximate surface area is 162 Å². The quantitative estimate of drug-likeness (QED) is 0.501. The summed E-state index contributed by atoms with van der Waals surface area (Å²) < 4.78 is 0.893. The summed E-state index contributed by atoms with van der Waals surface area (Å²) in [6.07, 6.45) is 5.05. The molecule has 5 nitrogen and oxygen atoms in total. The van der Waals surface area contributed by atoms with Gasteiger partial charge in [0.2, 0.25) is 5.91 Å². The number of pyridine rings is 1. The van der Waals surface area contributed by atoms with Gasteiger partial charge in [0.15, 0.2) is 0 Å². The summed E-state index contributed by atoms with van der Waals surface area (Å²) in [5.41, 5.74) is 0. The molecule has 0 spiro atoms. The van der Waals surface area contributed by atoms with Gasteiger partial charge in [-0.05, 0) is 40.9 Å². The standard InChI is InChI=1S/C10H12Br2N2O.C5H9BrO2/c1-2-3-8(12)10(15)14-9-5-4-7(11)6-13-9;1-2-3-4(6)5(7)8/h4-6,8H,2-3H2,1H3,(H,13,14,15);4H,2-3H2,1H3,(H,7,8). The predicted octanol–water partition coefficient (Wildman–Crippen LogP) is 4.98. The molecule has 1 amide bonds. The molecule has 1 aromatic heterocycles. The van der Waals surface area contributed by atoms with Crippen LogP contribution in [0, 0.1) is 0 Å². The van der Waals surface area contributed by atoms with Gasteiger partial charge in [-0.3, -0.25) is 9.59 Å². The third-order valence-corrected chi connectivity index (χ3v) is 4.81. The van der Waals surface area contributed by atoms with Crippen LogP contribution in [0.25, 0.3) is 0 Å². The molecule has 0 fully saturated rings. The molecule has 130 valence electrons. The minimum Gasteiger partial charge on any atom is -0.480 e. The average molecular weight is 517 g/mol. The Hall–Kier alpha value is -0.470. The highest BCUT2D eigenvalue weighted by atomic mass is 79.9. The van der Waals surface area contributed by atoms with Gasteiger partial charge in [0.05, 0.1) is 4.83 Å². The maximum Gasteiger partial charge on any atom is 0.317 e. The van der Waals surface area contributed by atoms with Crippen LogP contribution in [0.4, 0.5) is 5.82 Å². The van der Waals surface area contributed by atoms with E-state index in [0.29, 0.717) is 12.2 Å². The topological polar surface area (TPSA) is 79.3 Å². The lowest BCUT2D eigenvalue weighted by Gasteiger charge is -2.08. The molecule has 0 radical (unpaired) electrons. The van der Waals surface area contributed by atoms with Crippen LogP contribution >= 0.6 is 47.8 Å². The van der Waals surface area contributed by atoms with E-state index in [4.69, 9.17) is 5.11 Å². The van der Waals surface area contributed by atoms with Crippen molar-refractivity contribution in [3.63, 3.8) is 0 Å². The molecule has 1 rings (SSSR count). The van der Waals surface area contributed by atoms with Crippen molar-refractivity contribution in [2.75, 3.05) is 5.32 Å². The predicted molar refractivity (Wildman–Crippen MR) is 103 cm³/mol. The van der Waals surface area contributed by atoms with E-state index in [2.05, 4.69) is 58.1 Å². The molecule has 2 N–H and O–H groups in total. The third kappa shape index (κ3) is 10.8. The molecular weight excluding hydrogens is 496 g/mol. The number of aliphatic carboxylic acids is 1. The van der Waals surface area contributed by atoms with Gasteiger partial charge < -0.3 is 10.4 Å². The average Bonchev–Trinajstić information content (AvgIpc) is 2.50. The van der Waals surface area contributed by atoms with E-state index in [0.717, 1.165) is 23.7 Å². The second kappa shape index (κ2) is 12.9. The van der Waals surface area contributed by atoms with Crippen LogP contribution in [0.5, 0.6) is 0 Å². The van der Waals surface area contributed by atoms with E-state index < -0.39 is 5.97 Å². The molecule has 1 heterocycles. The summed E-state index contributed by atoms with van der Waals surface area (Å²) in [7, 11) is 0. The normalized spacial score (nSPS) is 12.6. The number of aromatic nitrogens is 1. The number of carboxylic acids is 1. The zero-order valence-electron chi connectivity index (χ0n) is 13.1. The lowest BCUT2D eigenvalue weighted by Crippen LogP contribution is -2.23. The van der Waals surface area contributed by atoms with Crippen LogP contribution in [0.15, 0.2) is 22.8 Å². The van der Waals surface area contributed by atoms with Gasteiger partial charge in [0, 0.05) is 10.7 Å². The van der Waals surface area contributed by atoms with Crippen molar-refractivity contribution in [3.8, 4) is 0 Å². The number of halogens is 3. The van der Waals surface area contributed by atoms with Crippen molar-refractivity contribution in [2.45, 2.75) is 49.2 Å². The maximum atomic E-state index is 11.6. The van der Waals surface area contributed by atoms with Crippen molar-refractivity contribution < 1.29 is 14.7 Å². The summed E-state index contributed by atoms with van der Waals surface area (Å²) in [4.78, 5) is 25.2. The van der Waals surface area contributed by atoms with Gasteiger partial charge >= 0.3 is 5.97 Å². The Morgan fingerprint density at radius 3 is 2.13 bits per heavy atom. The number of hydrogen-bond donors (Lipinski definition) is 2. The second-order valence-electron chi connectivity index (χ2n) is 4.70. The summed E-state index contributed by atoms with van der Waals surface area (Å²) in [5, 5.41) is 11.0. The van der Waals surface area contributed by atoms with Crippen molar-refractivity contribution in [1.29, 1.82) is 0 Å². The van der Waals surface area contributed by atoms with Crippen LogP contribution in [0.1, 0.15) is 39.5 Å². The zero-order chi connectivity index (χ0) is 17.8. The number of carbonyl (C=O) groups is 2.